The quantitative estimate of drug-likeness (QED) is 0.504. The molecule has 0 aromatic heterocycles. The molecule has 0 nitrogen and oxygen atoms in total. The van der Waals surface area contributed by atoms with Crippen molar-refractivity contribution in [1.82, 2.24) is 0 Å². The highest BCUT2D eigenvalue weighted by molar-refractivity contribution is 8.09. The summed E-state index contributed by atoms with van der Waals surface area (Å²) in [7, 11) is 0. The molecule has 4 heteroatoms. The maximum absolute atomic E-state index is 2.20. The number of hydrogen-bond acceptors (Lipinski definition) is 4. The lowest BCUT2D eigenvalue weighted by Crippen LogP contribution is -2.21. The van der Waals surface area contributed by atoms with Crippen LogP contribution in [-0.2, 0) is 0 Å². The zero-order valence-electron chi connectivity index (χ0n) is 7.74. The van der Waals surface area contributed by atoms with Crippen molar-refractivity contribution in [1.29, 1.82) is 0 Å². The van der Waals surface area contributed by atoms with Crippen molar-refractivity contribution in [2.24, 2.45) is 0 Å². The molecule has 0 radical (unpaired) electrons. The van der Waals surface area contributed by atoms with E-state index in [4.69, 9.17) is 0 Å². The van der Waals surface area contributed by atoms with E-state index >= 15 is 0 Å². The topological polar surface area (TPSA) is 0 Å². The zero-order chi connectivity index (χ0) is 8.93. The first-order valence-corrected chi connectivity index (χ1v) is 9.24. The molecule has 0 aromatic carbocycles. The second-order valence-corrected chi connectivity index (χ2v) is 8.38. The van der Waals surface area contributed by atoms with E-state index in [0.717, 1.165) is 10.5 Å². The third-order valence-electron chi connectivity index (χ3n) is 2.10. The van der Waals surface area contributed by atoms with Crippen LogP contribution in [0.5, 0.6) is 0 Å². The van der Waals surface area contributed by atoms with Crippen LogP contribution in [-0.4, -0.2) is 45.0 Å². The summed E-state index contributed by atoms with van der Waals surface area (Å²) in [6.45, 7) is 0. The minimum atomic E-state index is 1.01. The lowest BCUT2D eigenvalue weighted by molar-refractivity contribution is 1.06. The van der Waals surface area contributed by atoms with Gasteiger partial charge in [0.2, 0.25) is 0 Å². The van der Waals surface area contributed by atoms with Gasteiger partial charge in [-0.15, -0.1) is 0 Å². The molecule has 0 saturated carbocycles. The van der Waals surface area contributed by atoms with Crippen LogP contribution >= 0.6 is 47.0 Å². The van der Waals surface area contributed by atoms with E-state index < -0.39 is 0 Å². The molecule has 2 heterocycles. The minimum absolute atomic E-state index is 1.01. The maximum Gasteiger partial charge on any atom is 0.0229 e. The number of hydrogen-bond donors (Lipinski definition) is 0. The fourth-order valence-electron chi connectivity index (χ4n) is 1.10. The molecular formula is C9H16S4. The van der Waals surface area contributed by atoms with Crippen LogP contribution in [0.4, 0.5) is 0 Å². The Kier molecular flexibility index (Phi) is 5.10. The fraction of sp³-hybridized carbons (Fsp3) is 1.00. The van der Waals surface area contributed by atoms with Gasteiger partial charge < -0.3 is 0 Å². The second kappa shape index (κ2) is 6.09. The Bertz CT molecular complexity index is 143. The number of thioether (sulfide) groups is 4. The molecule has 0 N–H and O–H groups in total. The van der Waals surface area contributed by atoms with Gasteiger partial charge in [0.1, 0.15) is 0 Å². The first-order chi connectivity index (χ1) is 6.45. The third-order valence-corrected chi connectivity index (χ3v) is 7.53. The predicted octanol–water partition coefficient (Wildman–Crippen LogP) is 3.07. The van der Waals surface area contributed by atoms with Crippen LogP contribution in [0.2, 0.25) is 0 Å². The van der Waals surface area contributed by atoms with Crippen molar-refractivity contribution in [2.75, 3.05) is 34.5 Å². The van der Waals surface area contributed by atoms with Crippen molar-refractivity contribution in [2.45, 2.75) is 16.9 Å². The third kappa shape index (κ3) is 4.63. The van der Waals surface area contributed by atoms with E-state index in [2.05, 4.69) is 47.0 Å². The summed E-state index contributed by atoms with van der Waals surface area (Å²) in [5.41, 5.74) is 0. The largest absolute Gasteiger partial charge is 0.161 e. The summed E-state index contributed by atoms with van der Waals surface area (Å²) in [5.74, 6) is 8.46. The summed E-state index contributed by atoms with van der Waals surface area (Å²) < 4.78 is 0. The molecule has 1 unspecified atom stereocenters. The second-order valence-electron chi connectivity index (χ2n) is 3.41. The first-order valence-electron chi connectivity index (χ1n) is 4.84. The summed E-state index contributed by atoms with van der Waals surface area (Å²) in [6, 6.07) is 0. The molecule has 2 aliphatic heterocycles. The molecule has 0 spiro atoms. The molecule has 1 atom stereocenters. The van der Waals surface area contributed by atoms with Gasteiger partial charge in [0.25, 0.3) is 0 Å². The van der Waals surface area contributed by atoms with Gasteiger partial charge in [0, 0.05) is 33.5 Å². The molecule has 2 fully saturated rings. The lowest BCUT2D eigenvalue weighted by Gasteiger charge is -2.23. The average molecular weight is 252 g/mol. The van der Waals surface area contributed by atoms with E-state index in [0.29, 0.717) is 0 Å². The van der Waals surface area contributed by atoms with E-state index in [1.165, 1.54) is 40.9 Å². The van der Waals surface area contributed by atoms with Gasteiger partial charge in [0.05, 0.1) is 0 Å². The Morgan fingerprint density at radius 3 is 2.62 bits per heavy atom. The van der Waals surface area contributed by atoms with Crippen molar-refractivity contribution >= 4 is 47.0 Å². The molecule has 0 aliphatic carbocycles. The van der Waals surface area contributed by atoms with Gasteiger partial charge in [-0.2, -0.15) is 47.0 Å². The number of rotatable bonds is 7. The summed E-state index contributed by atoms with van der Waals surface area (Å²) >= 11 is 8.58. The fourth-order valence-corrected chi connectivity index (χ4v) is 5.68. The monoisotopic (exact) mass is 252 g/mol. The molecule has 2 saturated heterocycles. The zero-order valence-corrected chi connectivity index (χ0v) is 11.0. The molecule has 0 aromatic rings. The lowest BCUT2D eigenvalue weighted by atomic mass is 10.5. The Morgan fingerprint density at radius 2 is 2.00 bits per heavy atom. The first kappa shape index (κ1) is 10.9. The smallest absolute Gasteiger partial charge is 0.0229 e. The molecule has 76 valence electrons. The van der Waals surface area contributed by atoms with Gasteiger partial charge in [-0.25, -0.2) is 0 Å². The van der Waals surface area contributed by atoms with Crippen molar-refractivity contribution < 1.29 is 0 Å². The minimum Gasteiger partial charge on any atom is -0.161 e. The molecule has 2 rings (SSSR count). The van der Waals surface area contributed by atoms with Crippen molar-refractivity contribution in [3.63, 3.8) is 0 Å². The predicted molar refractivity (Wildman–Crippen MR) is 71.8 cm³/mol. The van der Waals surface area contributed by atoms with Crippen LogP contribution in [0, 0.1) is 0 Å². The Hall–Kier alpha value is 1.40. The van der Waals surface area contributed by atoms with Gasteiger partial charge in [-0.1, -0.05) is 0 Å². The van der Waals surface area contributed by atoms with Crippen LogP contribution < -0.4 is 0 Å². The van der Waals surface area contributed by atoms with E-state index in [9.17, 15) is 0 Å². The Balaban J connectivity index is 1.32. The van der Waals surface area contributed by atoms with Crippen LogP contribution in [0.3, 0.4) is 0 Å². The highest BCUT2D eigenvalue weighted by atomic mass is 32.2. The SMILES string of the molecule is C(CSCC1CS1)CSC1CSC1. The Labute approximate surface area is 98.1 Å². The average Bonchev–Trinajstić information content (AvgIpc) is 2.83. The normalized spacial score (nSPS) is 27.2. The molecule has 0 bridgehead atoms. The summed E-state index contributed by atoms with van der Waals surface area (Å²) in [5, 5.41) is 2.04. The standard InChI is InChI=1S/C9H16S4/c1(2-10-4-9-7-13-9)3-12-8-5-11-6-8/h8-9H,1-7H2. The molecule has 0 amide bonds. The molecule has 13 heavy (non-hydrogen) atoms. The van der Waals surface area contributed by atoms with E-state index in [1.54, 1.807) is 0 Å². The van der Waals surface area contributed by atoms with Gasteiger partial charge >= 0.3 is 0 Å². The van der Waals surface area contributed by atoms with E-state index in [-0.39, 0.29) is 0 Å². The van der Waals surface area contributed by atoms with Crippen LogP contribution in [0.15, 0.2) is 0 Å². The maximum atomic E-state index is 2.20. The molecule has 2 aliphatic rings. The highest BCUT2D eigenvalue weighted by Gasteiger charge is 2.21. The summed E-state index contributed by atoms with van der Waals surface area (Å²) in [4.78, 5) is 0. The van der Waals surface area contributed by atoms with Crippen molar-refractivity contribution in [3.8, 4) is 0 Å². The molecular weight excluding hydrogens is 236 g/mol. The highest BCUT2D eigenvalue weighted by Crippen LogP contribution is 2.33. The Morgan fingerprint density at radius 1 is 1.15 bits per heavy atom. The van der Waals surface area contributed by atoms with Crippen LogP contribution in [0.25, 0.3) is 0 Å². The van der Waals surface area contributed by atoms with Crippen molar-refractivity contribution in [3.05, 3.63) is 0 Å². The van der Waals surface area contributed by atoms with Gasteiger partial charge in [0.15, 0.2) is 0 Å². The van der Waals surface area contributed by atoms with E-state index in [1.807, 2.05) is 0 Å². The van der Waals surface area contributed by atoms with Crippen LogP contribution in [0.1, 0.15) is 6.42 Å². The van der Waals surface area contributed by atoms with Gasteiger partial charge in [-0.3, -0.25) is 0 Å². The van der Waals surface area contributed by atoms with Gasteiger partial charge in [-0.05, 0) is 17.9 Å². The summed E-state index contributed by atoms with van der Waals surface area (Å²) in [6.07, 6.45) is 1.42.